The van der Waals surface area contributed by atoms with Crippen LogP contribution in [0.3, 0.4) is 0 Å². The smallest absolute Gasteiger partial charge is 0.277 e. The van der Waals surface area contributed by atoms with Crippen LogP contribution in [0.2, 0.25) is 0 Å². The minimum atomic E-state index is -0.110. The first kappa shape index (κ1) is 22.5. The van der Waals surface area contributed by atoms with Crippen molar-refractivity contribution in [2.24, 2.45) is 4.99 Å². The topological polar surface area (TPSA) is 81.4 Å². The summed E-state index contributed by atoms with van der Waals surface area (Å²) in [4.78, 5) is 26.8. The van der Waals surface area contributed by atoms with Crippen molar-refractivity contribution in [2.75, 3.05) is 43.7 Å². The second-order valence-electron chi connectivity index (χ2n) is 7.85. The zero-order chi connectivity index (χ0) is 23.5. The number of methoxy groups -OCH3 is 1. The molecule has 176 valence electrons. The number of rotatable bonds is 7. The van der Waals surface area contributed by atoms with Gasteiger partial charge in [0, 0.05) is 36.6 Å². The number of aromatic nitrogens is 2. The third kappa shape index (κ3) is 4.27. The number of benzene rings is 2. The van der Waals surface area contributed by atoms with Crippen LogP contribution in [0.25, 0.3) is 5.69 Å². The summed E-state index contributed by atoms with van der Waals surface area (Å²) in [6, 6.07) is 15.5. The van der Waals surface area contributed by atoms with E-state index in [9.17, 15) is 4.79 Å². The molecule has 0 N–H and O–H groups in total. The number of anilines is 2. The normalized spacial score (nSPS) is 15.5. The Morgan fingerprint density at radius 3 is 2.35 bits per heavy atom. The van der Waals surface area contributed by atoms with Gasteiger partial charge in [-0.3, -0.25) is 9.79 Å². The van der Waals surface area contributed by atoms with E-state index in [0.29, 0.717) is 23.7 Å². The highest BCUT2D eigenvalue weighted by Crippen LogP contribution is 2.34. The van der Waals surface area contributed by atoms with Crippen molar-refractivity contribution >= 4 is 35.7 Å². The maximum absolute atomic E-state index is 13.7. The lowest BCUT2D eigenvalue weighted by atomic mass is 10.1. The van der Waals surface area contributed by atoms with Crippen LogP contribution in [0.5, 0.6) is 5.75 Å². The Morgan fingerprint density at radius 1 is 0.941 bits per heavy atom. The molecule has 2 aliphatic heterocycles. The monoisotopic (exact) mass is 479 g/mol. The van der Waals surface area contributed by atoms with Crippen LogP contribution in [0.15, 0.2) is 58.5 Å². The summed E-state index contributed by atoms with van der Waals surface area (Å²) >= 11 is 1.01. The van der Waals surface area contributed by atoms with Crippen LogP contribution < -0.4 is 14.5 Å². The van der Waals surface area contributed by atoms with E-state index in [1.165, 1.54) is 7.11 Å². The molecule has 2 aromatic carbocycles. The summed E-state index contributed by atoms with van der Waals surface area (Å²) in [6.45, 7) is 2.36. The summed E-state index contributed by atoms with van der Waals surface area (Å²) in [7, 11) is 3.05. The lowest BCUT2D eigenvalue weighted by molar-refractivity contribution is -0.160. The van der Waals surface area contributed by atoms with Gasteiger partial charge in [-0.25, -0.2) is 9.57 Å². The summed E-state index contributed by atoms with van der Waals surface area (Å²) in [6.07, 6.45) is 3.56. The largest absolute Gasteiger partial charge is 0.497 e. The van der Waals surface area contributed by atoms with E-state index in [2.05, 4.69) is 15.0 Å². The Morgan fingerprint density at radius 2 is 1.68 bits per heavy atom. The highest BCUT2D eigenvalue weighted by atomic mass is 32.2. The number of carbonyl (C=O) groups is 1. The molecular weight excluding hydrogens is 454 g/mol. The number of fused-ring (bicyclic) bond motifs is 1. The summed E-state index contributed by atoms with van der Waals surface area (Å²) < 4.78 is 12.0. The molecule has 1 aromatic heterocycles. The fraction of sp³-hybridized carbons (Fsp3) is 0.292. The van der Waals surface area contributed by atoms with Gasteiger partial charge in [0.2, 0.25) is 0 Å². The molecule has 0 radical (unpaired) electrons. The van der Waals surface area contributed by atoms with Crippen molar-refractivity contribution in [3.63, 3.8) is 0 Å². The van der Waals surface area contributed by atoms with E-state index in [1.807, 2.05) is 54.9 Å². The van der Waals surface area contributed by atoms with Gasteiger partial charge in [-0.05, 0) is 61.4 Å². The predicted molar refractivity (Wildman–Crippen MR) is 131 cm³/mol. The zero-order valence-electron chi connectivity index (χ0n) is 19.0. The van der Waals surface area contributed by atoms with Crippen molar-refractivity contribution in [1.29, 1.82) is 0 Å². The Hall–Kier alpha value is -3.34. The first-order valence-corrected chi connectivity index (χ1v) is 11.8. The van der Waals surface area contributed by atoms with Crippen LogP contribution in [0.1, 0.15) is 22.5 Å². The van der Waals surface area contributed by atoms with Gasteiger partial charge >= 0.3 is 0 Å². The Labute approximate surface area is 202 Å². The van der Waals surface area contributed by atoms with E-state index in [4.69, 9.17) is 14.0 Å². The molecule has 34 heavy (non-hydrogen) atoms. The Bertz CT molecular complexity index is 1190. The second-order valence-corrected chi connectivity index (χ2v) is 8.54. The highest BCUT2D eigenvalue weighted by Gasteiger charge is 2.34. The van der Waals surface area contributed by atoms with E-state index >= 15 is 0 Å². The van der Waals surface area contributed by atoms with Gasteiger partial charge in [-0.15, -0.1) is 0 Å². The van der Waals surface area contributed by atoms with Gasteiger partial charge in [0.05, 0.1) is 38.3 Å². The Kier molecular flexibility index (Phi) is 6.52. The fourth-order valence-corrected chi connectivity index (χ4v) is 4.73. The van der Waals surface area contributed by atoms with Crippen LogP contribution >= 0.6 is 12.0 Å². The average Bonchev–Trinajstić information content (AvgIpc) is 3.28. The number of amides is 1. The number of hydrogen-bond donors (Lipinski definition) is 0. The van der Waals surface area contributed by atoms with E-state index in [1.54, 1.807) is 16.7 Å². The SMILES string of the molecule is COOSc1nn(-c2ccc(OC)cc2)c2c1CCN(c1ccc(N3C=NCCC3)cc1)C2=O. The van der Waals surface area contributed by atoms with Crippen molar-refractivity contribution in [3.05, 3.63) is 59.8 Å². The quantitative estimate of drug-likeness (QED) is 0.289. The van der Waals surface area contributed by atoms with Crippen molar-refractivity contribution in [2.45, 2.75) is 17.9 Å². The predicted octanol–water partition coefficient (Wildman–Crippen LogP) is 3.91. The molecule has 0 bridgehead atoms. The van der Waals surface area contributed by atoms with E-state index in [-0.39, 0.29) is 5.91 Å². The van der Waals surface area contributed by atoms with Crippen LogP contribution in [0.4, 0.5) is 11.4 Å². The molecule has 9 nitrogen and oxygen atoms in total. The van der Waals surface area contributed by atoms with Gasteiger partial charge in [0.25, 0.3) is 5.91 Å². The number of carbonyl (C=O) groups excluding carboxylic acids is 1. The lowest BCUT2D eigenvalue weighted by Gasteiger charge is -2.28. The molecule has 0 saturated heterocycles. The zero-order valence-corrected chi connectivity index (χ0v) is 19.8. The lowest BCUT2D eigenvalue weighted by Crippen LogP contribution is -2.38. The molecule has 2 aliphatic rings. The molecule has 0 unspecified atom stereocenters. The van der Waals surface area contributed by atoms with Gasteiger partial charge in [0.15, 0.2) is 5.03 Å². The van der Waals surface area contributed by atoms with Gasteiger partial charge in [-0.2, -0.15) is 9.43 Å². The van der Waals surface area contributed by atoms with Gasteiger partial charge in [0.1, 0.15) is 11.4 Å². The summed E-state index contributed by atoms with van der Waals surface area (Å²) in [5, 5.41) is 5.29. The fourth-order valence-electron chi connectivity index (χ4n) is 4.18. The molecule has 0 atom stereocenters. The molecule has 5 rings (SSSR count). The van der Waals surface area contributed by atoms with Crippen molar-refractivity contribution in [1.82, 2.24) is 9.78 Å². The van der Waals surface area contributed by atoms with Gasteiger partial charge in [-0.1, -0.05) is 0 Å². The summed E-state index contributed by atoms with van der Waals surface area (Å²) in [5.74, 6) is 0.620. The minimum Gasteiger partial charge on any atom is -0.497 e. The molecule has 0 saturated carbocycles. The van der Waals surface area contributed by atoms with Crippen LogP contribution in [-0.4, -0.2) is 55.9 Å². The number of hydrogen-bond acceptors (Lipinski definition) is 8. The first-order valence-electron chi connectivity index (χ1n) is 11.0. The molecule has 0 fully saturated rings. The van der Waals surface area contributed by atoms with Crippen LogP contribution in [-0.2, 0) is 15.6 Å². The van der Waals surface area contributed by atoms with Crippen molar-refractivity contribution < 1.29 is 18.8 Å². The van der Waals surface area contributed by atoms with E-state index < -0.39 is 0 Å². The molecule has 3 heterocycles. The van der Waals surface area contributed by atoms with E-state index in [0.717, 1.165) is 59.9 Å². The van der Waals surface area contributed by atoms with Crippen LogP contribution in [0, 0.1) is 0 Å². The second kappa shape index (κ2) is 9.88. The molecule has 3 aromatic rings. The standard InChI is InChI=1S/C24H25N5O4S/c1-31-20-10-8-19(9-11-20)29-22-21(23(26-29)34-33-32-2)12-15-28(24(22)30)18-6-4-17(5-7-18)27-14-3-13-25-16-27/h4-11,16H,3,12-15H2,1-2H3. The number of nitrogens with zero attached hydrogens (tertiary/aromatic N) is 5. The van der Waals surface area contributed by atoms with Gasteiger partial charge < -0.3 is 14.5 Å². The number of ether oxygens (including phenoxy) is 1. The molecule has 0 spiro atoms. The maximum Gasteiger partial charge on any atom is 0.277 e. The maximum atomic E-state index is 13.7. The summed E-state index contributed by atoms with van der Waals surface area (Å²) in [5.41, 5.74) is 4.04. The Balaban J connectivity index is 1.48. The molecule has 10 heteroatoms. The highest BCUT2D eigenvalue weighted by molar-refractivity contribution is 7.94. The molecule has 0 aliphatic carbocycles. The third-order valence-corrected chi connectivity index (χ3v) is 6.57. The minimum absolute atomic E-state index is 0.110. The third-order valence-electron chi connectivity index (χ3n) is 5.88. The van der Waals surface area contributed by atoms with Crippen molar-refractivity contribution in [3.8, 4) is 11.4 Å². The number of aliphatic imine (C=N–C) groups is 1. The molecule has 1 amide bonds. The average molecular weight is 480 g/mol. The first-order chi connectivity index (χ1) is 16.7. The molecular formula is C24H25N5O4S.